The fourth-order valence-corrected chi connectivity index (χ4v) is 1.60. The minimum absolute atomic E-state index is 0.0343. The molecule has 0 heterocycles. The predicted octanol–water partition coefficient (Wildman–Crippen LogP) is 1.45. The maximum Gasteiger partial charge on any atom is 0.338 e. The van der Waals surface area contributed by atoms with E-state index in [0.29, 0.717) is 12.1 Å². The molecule has 1 aromatic carbocycles. The summed E-state index contributed by atoms with van der Waals surface area (Å²) in [7, 11) is 0. The Morgan fingerprint density at radius 3 is 2.35 bits per heavy atom. The van der Waals surface area contributed by atoms with Gasteiger partial charge in [-0.15, -0.1) is 0 Å². The zero-order chi connectivity index (χ0) is 13.2. The molecule has 0 amide bonds. The Hall–Kier alpha value is -1.05. The molecule has 0 aliphatic rings. The van der Waals surface area contributed by atoms with Crippen LogP contribution in [0.4, 0.5) is 8.78 Å². The standard InChI is InChI=1S/C10H9BrF2O4/c11-3-8(14)9(15)4-1-5(10(16)17)7(13)2-6(4)12/h1-2,8-9,14-15H,3H2,(H,16,17). The molecule has 4 nitrogen and oxygen atoms in total. The predicted molar refractivity (Wildman–Crippen MR) is 58.1 cm³/mol. The second-order valence-electron chi connectivity index (χ2n) is 3.33. The number of benzene rings is 1. The summed E-state index contributed by atoms with van der Waals surface area (Å²) >= 11 is 2.88. The number of carbonyl (C=O) groups is 1. The van der Waals surface area contributed by atoms with Gasteiger partial charge in [-0.05, 0) is 6.07 Å². The lowest BCUT2D eigenvalue weighted by Crippen LogP contribution is -2.21. The Labute approximate surface area is 104 Å². The molecule has 0 saturated heterocycles. The summed E-state index contributed by atoms with van der Waals surface area (Å²) in [4.78, 5) is 10.6. The lowest BCUT2D eigenvalue weighted by Gasteiger charge is -2.17. The molecule has 0 aliphatic carbocycles. The topological polar surface area (TPSA) is 77.8 Å². The second kappa shape index (κ2) is 5.52. The zero-order valence-electron chi connectivity index (χ0n) is 8.40. The van der Waals surface area contributed by atoms with Crippen molar-refractivity contribution in [3.05, 3.63) is 34.9 Å². The van der Waals surface area contributed by atoms with Crippen molar-refractivity contribution in [2.45, 2.75) is 12.2 Å². The summed E-state index contributed by atoms with van der Waals surface area (Å²) < 4.78 is 26.4. The number of hydrogen-bond donors (Lipinski definition) is 3. The molecule has 94 valence electrons. The van der Waals surface area contributed by atoms with E-state index in [2.05, 4.69) is 15.9 Å². The maximum absolute atomic E-state index is 13.3. The summed E-state index contributed by atoms with van der Waals surface area (Å²) in [6.07, 6.45) is -2.95. The molecule has 7 heteroatoms. The van der Waals surface area contributed by atoms with Crippen molar-refractivity contribution in [1.82, 2.24) is 0 Å². The molecule has 1 aromatic rings. The zero-order valence-corrected chi connectivity index (χ0v) is 9.99. The fourth-order valence-electron chi connectivity index (χ4n) is 1.25. The van der Waals surface area contributed by atoms with E-state index in [9.17, 15) is 23.8 Å². The van der Waals surface area contributed by atoms with E-state index >= 15 is 0 Å². The Morgan fingerprint density at radius 2 is 1.88 bits per heavy atom. The highest BCUT2D eigenvalue weighted by molar-refractivity contribution is 9.09. The Bertz CT molecular complexity index is 439. The molecule has 0 aromatic heterocycles. The van der Waals surface area contributed by atoms with Crippen LogP contribution in [0.5, 0.6) is 0 Å². The molecular formula is C10H9BrF2O4. The Kier molecular flexibility index (Phi) is 4.55. The Morgan fingerprint density at radius 1 is 1.29 bits per heavy atom. The first-order chi connectivity index (χ1) is 7.88. The number of carboxylic acid groups (broad SMARTS) is 1. The second-order valence-corrected chi connectivity index (χ2v) is 3.97. The number of aromatic carboxylic acids is 1. The van der Waals surface area contributed by atoms with Crippen LogP contribution in [0.25, 0.3) is 0 Å². The highest BCUT2D eigenvalue weighted by Crippen LogP contribution is 2.24. The lowest BCUT2D eigenvalue weighted by molar-refractivity contribution is 0.0318. The van der Waals surface area contributed by atoms with Gasteiger partial charge in [-0.2, -0.15) is 0 Å². The highest BCUT2D eigenvalue weighted by Gasteiger charge is 2.24. The number of aliphatic hydroxyl groups is 2. The molecule has 0 aliphatic heterocycles. The number of carboxylic acids is 1. The van der Waals surface area contributed by atoms with Crippen LogP contribution in [0.15, 0.2) is 12.1 Å². The summed E-state index contributed by atoms with van der Waals surface area (Å²) in [5, 5.41) is 27.4. The largest absolute Gasteiger partial charge is 0.478 e. The van der Waals surface area contributed by atoms with E-state index in [-0.39, 0.29) is 5.33 Å². The van der Waals surface area contributed by atoms with E-state index in [1.165, 1.54) is 0 Å². The normalized spacial score (nSPS) is 14.4. The quantitative estimate of drug-likeness (QED) is 0.736. The number of hydrogen-bond acceptors (Lipinski definition) is 3. The van der Waals surface area contributed by atoms with Crippen LogP contribution in [0.1, 0.15) is 22.0 Å². The third-order valence-corrected chi connectivity index (χ3v) is 2.82. The molecule has 0 bridgehead atoms. The summed E-state index contributed by atoms with van der Waals surface area (Å²) in [5.41, 5.74) is -1.22. The van der Waals surface area contributed by atoms with Gasteiger partial charge in [0.2, 0.25) is 0 Å². The van der Waals surface area contributed by atoms with Crippen LogP contribution in [0.2, 0.25) is 0 Å². The van der Waals surface area contributed by atoms with Gasteiger partial charge in [0.1, 0.15) is 17.7 Å². The van der Waals surface area contributed by atoms with Crippen molar-refractivity contribution >= 4 is 21.9 Å². The van der Waals surface area contributed by atoms with Crippen LogP contribution in [0, 0.1) is 11.6 Å². The van der Waals surface area contributed by atoms with E-state index < -0.39 is 40.9 Å². The van der Waals surface area contributed by atoms with Crippen molar-refractivity contribution in [1.29, 1.82) is 0 Å². The number of halogens is 3. The van der Waals surface area contributed by atoms with Gasteiger partial charge in [0.15, 0.2) is 0 Å². The van der Waals surface area contributed by atoms with Gasteiger partial charge in [-0.25, -0.2) is 13.6 Å². The summed E-state index contributed by atoms with van der Waals surface area (Å²) in [5.74, 6) is -3.93. The van der Waals surface area contributed by atoms with Crippen molar-refractivity contribution in [2.75, 3.05) is 5.33 Å². The van der Waals surface area contributed by atoms with Gasteiger partial charge in [0.05, 0.1) is 11.7 Å². The molecule has 17 heavy (non-hydrogen) atoms. The van der Waals surface area contributed by atoms with E-state index in [1.54, 1.807) is 0 Å². The molecule has 2 unspecified atom stereocenters. The smallest absolute Gasteiger partial charge is 0.338 e. The first-order valence-electron chi connectivity index (χ1n) is 4.52. The number of rotatable bonds is 4. The third kappa shape index (κ3) is 2.99. The van der Waals surface area contributed by atoms with Crippen LogP contribution in [-0.2, 0) is 0 Å². The van der Waals surface area contributed by atoms with Gasteiger partial charge in [-0.3, -0.25) is 0 Å². The maximum atomic E-state index is 13.3. The molecule has 0 saturated carbocycles. The molecule has 2 atom stereocenters. The van der Waals surface area contributed by atoms with Crippen LogP contribution >= 0.6 is 15.9 Å². The first-order valence-corrected chi connectivity index (χ1v) is 5.65. The van der Waals surface area contributed by atoms with E-state index in [1.807, 2.05) is 0 Å². The van der Waals surface area contributed by atoms with E-state index in [4.69, 9.17) is 5.11 Å². The minimum Gasteiger partial charge on any atom is -0.478 e. The molecule has 0 fully saturated rings. The highest BCUT2D eigenvalue weighted by atomic mass is 79.9. The van der Waals surface area contributed by atoms with Crippen LogP contribution < -0.4 is 0 Å². The van der Waals surface area contributed by atoms with Gasteiger partial charge in [-0.1, -0.05) is 15.9 Å². The molecule has 3 N–H and O–H groups in total. The van der Waals surface area contributed by atoms with Crippen molar-refractivity contribution < 1.29 is 28.9 Å². The molecular weight excluding hydrogens is 302 g/mol. The third-order valence-electron chi connectivity index (χ3n) is 2.16. The number of alkyl halides is 1. The van der Waals surface area contributed by atoms with Crippen molar-refractivity contribution in [2.24, 2.45) is 0 Å². The van der Waals surface area contributed by atoms with Gasteiger partial charge >= 0.3 is 5.97 Å². The average molecular weight is 311 g/mol. The van der Waals surface area contributed by atoms with Gasteiger partial charge < -0.3 is 15.3 Å². The van der Waals surface area contributed by atoms with E-state index in [0.717, 1.165) is 0 Å². The number of aliphatic hydroxyl groups excluding tert-OH is 2. The monoisotopic (exact) mass is 310 g/mol. The molecule has 0 radical (unpaired) electrons. The summed E-state index contributed by atoms with van der Waals surface area (Å²) in [6, 6.07) is 1.03. The summed E-state index contributed by atoms with van der Waals surface area (Å²) in [6.45, 7) is 0. The lowest BCUT2D eigenvalue weighted by atomic mass is 10.0. The molecule has 1 rings (SSSR count). The fraction of sp³-hybridized carbons (Fsp3) is 0.300. The first kappa shape index (κ1) is 14.0. The van der Waals surface area contributed by atoms with Crippen molar-refractivity contribution in [3.8, 4) is 0 Å². The van der Waals surface area contributed by atoms with Crippen LogP contribution in [0.3, 0.4) is 0 Å². The molecule has 0 spiro atoms. The average Bonchev–Trinajstić information content (AvgIpc) is 2.26. The van der Waals surface area contributed by atoms with Gasteiger partial charge in [0, 0.05) is 17.0 Å². The van der Waals surface area contributed by atoms with Crippen LogP contribution in [-0.4, -0.2) is 32.7 Å². The van der Waals surface area contributed by atoms with Crippen molar-refractivity contribution in [3.63, 3.8) is 0 Å². The minimum atomic E-state index is -1.63. The Balaban J connectivity index is 3.24. The van der Waals surface area contributed by atoms with Gasteiger partial charge in [0.25, 0.3) is 0 Å². The SMILES string of the molecule is O=C(O)c1cc(C(O)C(O)CBr)c(F)cc1F.